The number of hydrogen-bond acceptors (Lipinski definition) is 2. The van der Waals surface area contributed by atoms with Crippen molar-refractivity contribution in [2.45, 2.75) is 31.6 Å². The third-order valence-corrected chi connectivity index (χ3v) is 6.16. The van der Waals surface area contributed by atoms with Crippen LogP contribution >= 0.6 is 0 Å². The summed E-state index contributed by atoms with van der Waals surface area (Å²) in [6.07, 6.45) is 3.05. The lowest BCUT2D eigenvalue weighted by molar-refractivity contribution is -0.134. The van der Waals surface area contributed by atoms with Crippen LogP contribution in [-0.4, -0.2) is 35.0 Å². The molecule has 1 N–H and O–H groups in total. The van der Waals surface area contributed by atoms with Crippen molar-refractivity contribution >= 4 is 11.9 Å². The predicted molar refractivity (Wildman–Crippen MR) is 104 cm³/mol. The van der Waals surface area contributed by atoms with Gasteiger partial charge in [0.05, 0.1) is 5.56 Å². The highest BCUT2D eigenvalue weighted by Gasteiger charge is 2.46. The van der Waals surface area contributed by atoms with E-state index in [1.807, 2.05) is 17.0 Å². The van der Waals surface area contributed by atoms with E-state index < -0.39 is 17.6 Å². The first kappa shape index (κ1) is 19.6. The standard InChI is InChI=1S/C23H23F2NO3/c24-20-6-5-16(12-21(20)25)18-13-19(18)22(27)26-9-7-14(8-10-26)11-15-3-1-2-4-17(15)23(28)29/h1-6,12,14,18-19H,7-11,13H2,(H,28,29). The number of benzene rings is 2. The summed E-state index contributed by atoms with van der Waals surface area (Å²) in [5.41, 5.74) is 1.87. The van der Waals surface area contributed by atoms with E-state index in [9.17, 15) is 23.5 Å². The van der Waals surface area contributed by atoms with Gasteiger partial charge in [0.2, 0.25) is 5.91 Å². The fourth-order valence-electron chi connectivity index (χ4n) is 4.39. The molecule has 4 nitrogen and oxygen atoms in total. The van der Waals surface area contributed by atoms with Crippen molar-refractivity contribution in [2.24, 2.45) is 11.8 Å². The van der Waals surface area contributed by atoms with Crippen LogP contribution in [0, 0.1) is 23.5 Å². The van der Waals surface area contributed by atoms with Crippen molar-refractivity contribution in [2.75, 3.05) is 13.1 Å². The van der Waals surface area contributed by atoms with Crippen molar-refractivity contribution in [1.82, 2.24) is 4.90 Å². The van der Waals surface area contributed by atoms with Gasteiger partial charge in [-0.05, 0) is 66.8 Å². The van der Waals surface area contributed by atoms with E-state index in [0.717, 1.165) is 24.5 Å². The summed E-state index contributed by atoms with van der Waals surface area (Å²) in [7, 11) is 0. The summed E-state index contributed by atoms with van der Waals surface area (Å²) in [4.78, 5) is 26.0. The average molecular weight is 399 g/mol. The zero-order valence-electron chi connectivity index (χ0n) is 16.0. The third-order valence-electron chi connectivity index (χ3n) is 6.16. The molecule has 2 aromatic rings. The van der Waals surface area contributed by atoms with Crippen LogP contribution in [0.5, 0.6) is 0 Å². The molecule has 1 saturated heterocycles. The van der Waals surface area contributed by atoms with Gasteiger partial charge in [0.1, 0.15) is 0 Å². The van der Waals surface area contributed by atoms with E-state index in [0.29, 0.717) is 43.0 Å². The molecule has 1 saturated carbocycles. The number of halogens is 2. The Balaban J connectivity index is 1.32. The molecule has 2 unspecified atom stereocenters. The van der Waals surface area contributed by atoms with E-state index in [2.05, 4.69) is 0 Å². The Morgan fingerprint density at radius 1 is 1.03 bits per heavy atom. The highest BCUT2D eigenvalue weighted by molar-refractivity contribution is 5.89. The van der Waals surface area contributed by atoms with Gasteiger partial charge in [0.25, 0.3) is 0 Å². The van der Waals surface area contributed by atoms with Gasteiger partial charge in [-0.2, -0.15) is 0 Å². The molecule has 1 heterocycles. The number of rotatable bonds is 5. The Labute approximate surface area is 168 Å². The van der Waals surface area contributed by atoms with Crippen molar-refractivity contribution in [1.29, 1.82) is 0 Å². The van der Waals surface area contributed by atoms with E-state index in [-0.39, 0.29) is 17.7 Å². The quantitative estimate of drug-likeness (QED) is 0.818. The molecule has 4 rings (SSSR count). The molecule has 2 fully saturated rings. The van der Waals surface area contributed by atoms with Crippen LogP contribution in [0.25, 0.3) is 0 Å². The van der Waals surface area contributed by atoms with Gasteiger partial charge in [0, 0.05) is 19.0 Å². The molecule has 0 bridgehead atoms. The first-order valence-electron chi connectivity index (χ1n) is 9.99. The second-order valence-electron chi connectivity index (χ2n) is 8.06. The molecule has 2 atom stereocenters. The third kappa shape index (κ3) is 4.16. The lowest BCUT2D eigenvalue weighted by atomic mass is 9.88. The first-order chi connectivity index (χ1) is 13.9. The molecule has 152 valence electrons. The van der Waals surface area contributed by atoms with Gasteiger partial charge in [-0.25, -0.2) is 13.6 Å². The number of likely N-dealkylation sites (tertiary alicyclic amines) is 1. The van der Waals surface area contributed by atoms with Crippen LogP contribution in [0.15, 0.2) is 42.5 Å². The monoisotopic (exact) mass is 399 g/mol. The molecule has 2 aromatic carbocycles. The number of carbonyl (C=O) groups is 2. The molecule has 6 heteroatoms. The van der Waals surface area contributed by atoms with E-state index >= 15 is 0 Å². The number of carboxylic acid groups (broad SMARTS) is 1. The lowest BCUT2D eigenvalue weighted by Crippen LogP contribution is -2.40. The fraction of sp³-hybridized carbons (Fsp3) is 0.391. The van der Waals surface area contributed by atoms with Gasteiger partial charge in [-0.15, -0.1) is 0 Å². The summed E-state index contributed by atoms with van der Waals surface area (Å²) in [5.74, 6) is -2.40. The summed E-state index contributed by atoms with van der Waals surface area (Å²) in [5, 5.41) is 9.33. The number of carbonyl (C=O) groups excluding carboxylic acids is 1. The Kier molecular flexibility index (Phi) is 5.35. The number of aromatic carboxylic acids is 1. The molecule has 29 heavy (non-hydrogen) atoms. The fourth-order valence-corrected chi connectivity index (χ4v) is 4.39. The number of nitrogens with zero attached hydrogens (tertiary/aromatic N) is 1. The summed E-state index contributed by atoms with van der Waals surface area (Å²) in [6.45, 7) is 1.31. The van der Waals surface area contributed by atoms with Crippen molar-refractivity contribution < 1.29 is 23.5 Å². The topological polar surface area (TPSA) is 57.6 Å². The van der Waals surface area contributed by atoms with Crippen LogP contribution in [0.4, 0.5) is 8.78 Å². The number of carboxylic acids is 1. The second kappa shape index (κ2) is 7.93. The van der Waals surface area contributed by atoms with Gasteiger partial charge in [0.15, 0.2) is 11.6 Å². The Morgan fingerprint density at radius 3 is 2.45 bits per heavy atom. The zero-order chi connectivity index (χ0) is 20.5. The van der Waals surface area contributed by atoms with Gasteiger partial charge < -0.3 is 10.0 Å². The van der Waals surface area contributed by atoms with E-state index in [4.69, 9.17) is 0 Å². The SMILES string of the molecule is O=C(O)c1ccccc1CC1CCN(C(=O)C2CC2c2ccc(F)c(F)c2)CC1. The van der Waals surface area contributed by atoms with Crippen LogP contribution in [-0.2, 0) is 11.2 Å². The van der Waals surface area contributed by atoms with Crippen LogP contribution in [0.3, 0.4) is 0 Å². The molecule has 0 aromatic heterocycles. The first-order valence-corrected chi connectivity index (χ1v) is 9.99. The molecule has 2 aliphatic rings. The minimum atomic E-state index is -0.912. The number of amides is 1. The van der Waals surface area contributed by atoms with Crippen molar-refractivity contribution in [3.05, 3.63) is 70.8 Å². The second-order valence-corrected chi connectivity index (χ2v) is 8.06. The summed E-state index contributed by atoms with van der Waals surface area (Å²) in [6, 6.07) is 10.9. The van der Waals surface area contributed by atoms with Crippen LogP contribution < -0.4 is 0 Å². The predicted octanol–water partition coefficient (Wildman–Crippen LogP) is 4.25. The van der Waals surface area contributed by atoms with E-state index in [1.165, 1.54) is 6.07 Å². The van der Waals surface area contributed by atoms with Gasteiger partial charge in [-0.1, -0.05) is 24.3 Å². The number of hydrogen-bond donors (Lipinski definition) is 1. The molecular weight excluding hydrogens is 376 g/mol. The van der Waals surface area contributed by atoms with Crippen molar-refractivity contribution in [3.8, 4) is 0 Å². The maximum absolute atomic E-state index is 13.4. The molecule has 0 radical (unpaired) electrons. The Morgan fingerprint density at radius 2 is 1.76 bits per heavy atom. The summed E-state index contributed by atoms with van der Waals surface area (Å²) >= 11 is 0. The highest BCUT2D eigenvalue weighted by atomic mass is 19.2. The molecule has 1 aliphatic heterocycles. The molecule has 0 spiro atoms. The zero-order valence-corrected chi connectivity index (χ0v) is 16.0. The Hall–Kier alpha value is -2.76. The minimum Gasteiger partial charge on any atom is -0.478 e. The summed E-state index contributed by atoms with van der Waals surface area (Å²) < 4.78 is 26.6. The highest BCUT2D eigenvalue weighted by Crippen LogP contribution is 2.49. The molecule has 1 amide bonds. The normalized spacial score (nSPS) is 21.8. The van der Waals surface area contributed by atoms with Crippen LogP contribution in [0.2, 0.25) is 0 Å². The van der Waals surface area contributed by atoms with Gasteiger partial charge >= 0.3 is 5.97 Å². The van der Waals surface area contributed by atoms with E-state index in [1.54, 1.807) is 18.2 Å². The maximum atomic E-state index is 13.4. The average Bonchev–Trinajstić information content (AvgIpc) is 3.51. The van der Waals surface area contributed by atoms with Crippen molar-refractivity contribution in [3.63, 3.8) is 0 Å². The largest absolute Gasteiger partial charge is 0.478 e. The molecule has 1 aliphatic carbocycles. The molecular formula is C23H23F2NO3. The number of piperidine rings is 1. The van der Waals surface area contributed by atoms with Gasteiger partial charge in [-0.3, -0.25) is 4.79 Å². The smallest absolute Gasteiger partial charge is 0.335 e. The van der Waals surface area contributed by atoms with Crippen LogP contribution in [0.1, 0.15) is 46.7 Å². The lowest BCUT2D eigenvalue weighted by Gasteiger charge is -2.32. The minimum absolute atomic E-state index is 0.0298. The Bertz CT molecular complexity index is 937. The maximum Gasteiger partial charge on any atom is 0.335 e.